The van der Waals surface area contributed by atoms with Gasteiger partial charge in [-0.05, 0) is 148 Å². The molecular weight excluding hydrogens is 583 g/mol. The van der Waals surface area contributed by atoms with Crippen molar-refractivity contribution in [2.24, 2.45) is 4.99 Å². The first kappa shape index (κ1) is 35.3. The Bertz CT molecular complexity index is 1640. The summed E-state index contributed by atoms with van der Waals surface area (Å²) < 4.78 is 0. The quantitative estimate of drug-likeness (QED) is 0.198. The van der Waals surface area contributed by atoms with Crippen LogP contribution in [0.2, 0.25) is 0 Å². The average Bonchev–Trinajstić information content (AvgIpc) is 3.22. The van der Waals surface area contributed by atoms with E-state index in [0.29, 0.717) is 13.0 Å². The Kier molecular flexibility index (Phi) is 10.8. The van der Waals surface area contributed by atoms with Crippen LogP contribution in [0.15, 0.2) is 105 Å². The highest BCUT2D eigenvalue weighted by Crippen LogP contribution is 2.54. The van der Waals surface area contributed by atoms with E-state index < -0.39 is 10.0 Å². The lowest BCUT2D eigenvalue weighted by atomic mass is 9.82. The second kappa shape index (κ2) is 14.0. The van der Waals surface area contributed by atoms with Gasteiger partial charge in [0.1, 0.15) is 0 Å². The Hall–Kier alpha value is -3.57. The molecule has 4 rings (SSSR count). The van der Waals surface area contributed by atoms with Crippen LogP contribution in [0.4, 0.5) is 5.69 Å². The van der Waals surface area contributed by atoms with Crippen molar-refractivity contribution in [3.05, 3.63) is 111 Å². The Morgan fingerprint density at radius 3 is 2.59 bits per heavy atom. The van der Waals surface area contributed by atoms with Gasteiger partial charge in [-0.25, -0.2) is 10.0 Å². The lowest BCUT2D eigenvalue weighted by Crippen LogP contribution is -2.31. The maximum absolute atomic E-state index is 13.9. The number of carbonyl (C=O) groups excluding carboxylic acids is 1. The van der Waals surface area contributed by atoms with Crippen LogP contribution in [-0.2, 0) is 4.79 Å². The number of aliphatic imine (C=N–C) groups is 1. The number of unbranched alkanes of at least 4 members (excludes halogenated alkanes) is 1. The van der Waals surface area contributed by atoms with E-state index in [1.807, 2.05) is 0 Å². The lowest BCUT2D eigenvalue weighted by Gasteiger charge is -2.35. The summed E-state index contributed by atoms with van der Waals surface area (Å²) in [6, 6.07) is 6.76. The highest BCUT2D eigenvalue weighted by molar-refractivity contribution is 8.35. The normalized spacial score (nSPS) is 19.7. The van der Waals surface area contributed by atoms with E-state index in [1.54, 1.807) is 0 Å². The van der Waals surface area contributed by atoms with Gasteiger partial charge in [-0.15, -0.1) is 0 Å². The fourth-order valence-corrected chi connectivity index (χ4v) is 7.87. The van der Waals surface area contributed by atoms with Gasteiger partial charge in [0.2, 0.25) is 0 Å². The minimum absolute atomic E-state index is 0.0116. The maximum Gasteiger partial charge on any atom is 0.251 e. The summed E-state index contributed by atoms with van der Waals surface area (Å²) in [6.07, 6.45) is 28.5. The van der Waals surface area contributed by atoms with Crippen molar-refractivity contribution in [3.63, 3.8) is 0 Å². The SMILES string of the molecule is C=NC(C)(C)/C=C(/C)C1=C/C(=C(\C2=CC=CCC=C2C(=O)NCCCC)c2ccc3c(c2)C(C)=CC(C)(C)N3)C(S(C)(C)C)=CC1. The third-order valence-corrected chi connectivity index (χ3v) is 10.5. The molecule has 0 bridgehead atoms. The van der Waals surface area contributed by atoms with E-state index in [1.165, 1.54) is 32.8 Å². The van der Waals surface area contributed by atoms with Crippen LogP contribution >= 0.6 is 10.0 Å². The molecule has 2 N–H and O–H groups in total. The van der Waals surface area contributed by atoms with Gasteiger partial charge in [-0.1, -0.05) is 61.9 Å². The third-order valence-electron chi connectivity index (χ3n) is 8.75. The zero-order valence-electron chi connectivity index (χ0n) is 29.9. The maximum atomic E-state index is 13.9. The standard InChI is InChI=1S/C41H55N3OS/c1-12-13-23-43-39(45)33-18-16-14-15-17-32(33)38(31-19-21-36-34(25-31)29(3)27-41(6,7)44-36)35-24-30(20-22-37(35)46(9,10)11)28(2)26-40(4,5)42-8/h14-15,17-19,21-22,24-27,44H,8,12-13,16,20,23H2,1-7,9-11H3,(H,43,45)/b28-26-,38-35+. The number of fused-ring (bicyclic) bond motifs is 1. The Balaban J connectivity index is 2.07. The summed E-state index contributed by atoms with van der Waals surface area (Å²) in [5.74, 6) is -0.0116. The fourth-order valence-electron chi connectivity index (χ4n) is 6.46. The number of nitrogens with zero attached hydrogens (tertiary/aromatic N) is 1. The number of allylic oxidation sites excluding steroid dienone is 11. The van der Waals surface area contributed by atoms with Crippen molar-refractivity contribution < 1.29 is 4.79 Å². The Morgan fingerprint density at radius 2 is 1.91 bits per heavy atom. The minimum atomic E-state index is -1.14. The molecule has 0 radical (unpaired) electrons. The molecule has 2 aliphatic carbocycles. The van der Waals surface area contributed by atoms with Gasteiger partial charge < -0.3 is 10.6 Å². The topological polar surface area (TPSA) is 53.5 Å². The highest BCUT2D eigenvalue weighted by atomic mass is 32.3. The molecule has 0 unspecified atom stereocenters. The van der Waals surface area contributed by atoms with Crippen molar-refractivity contribution in [2.75, 3.05) is 30.6 Å². The molecule has 0 saturated carbocycles. The Morgan fingerprint density at radius 1 is 1.17 bits per heavy atom. The van der Waals surface area contributed by atoms with E-state index in [2.05, 4.69) is 156 Å². The predicted octanol–water partition coefficient (Wildman–Crippen LogP) is 10.1. The van der Waals surface area contributed by atoms with Gasteiger partial charge in [0.05, 0.1) is 11.1 Å². The third kappa shape index (κ3) is 8.22. The molecule has 0 atom stereocenters. The number of nitrogens with one attached hydrogen (secondary N) is 2. The molecule has 0 aromatic heterocycles. The van der Waals surface area contributed by atoms with Crippen LogP contribution < -0.4 is 10.6 Å². The van der Waals surface area contributed by atoms with Crippen molar-refractivity contribution >= 4 is 39.5 Å². The van der Waals surface area contributed by atoms with Crippen LogP contribution in [0.3, 0.4) is 0 Å². The van der Waals surface area contributed by atoms with E-state index in [-0.39, 0.29) is 17.0 Å². The summed E-state index contributed by atoms with van der Waals surface area (Å²) in [4.78, 5) is 19.6. The van der Waals surface area contributed by atoms with Gasteiger partial charge >= 0.3 is 0 Å². The molecule has 246 valence electrons. The van der Waals surface area contributed by atoms with E-state index in [4.69, 9.17) is 0 Å². The van der Waals surface area contributed by atoms with E-state index in [9.17, 15) is 4.79 Å². The second-order valence-electron chi connectivity index (χ2n) is 14.6. The monoisotopic (exact) mass is 637 g/mol. The predicted molar refractivity (Wildman–Crippen MR) is 206 cm³/mol. The van der Waals surface area contributed by atoms with Crippen molar-refractivity contribution in [1.29, 1.82) is 0 Å². The largest absolute Gasteiger partial charge is 0.376 e. The van der Waals surface area contributed by atoms with Crippen LogP contribution in [0, 0.1) is 0 Å². The minimum Gasteiger partial charge on any atom is -0.376 e. The van der Waals surface area contributed by atoms with E-state index >= 15 is 0 Å². The first-order valence-electron chi connectivity index (χ1n) is 16.6. The van der Waals surface area contributed by atoms with Crippen molar-refractivity contribution in [1.82, 2.24) is 5.32 Å². The molecule has 0 spiro atoms. The number of carbonyl (C=O) groups is 1. The van der Waals surface area contributed by atoms with E-state index in [0.717, 1.165) is 47.2 Å². The average molecular weight is 638 g/mol. The number of anilines is 1. The van der Waals surface area contributed by atoms with Gasteiger partial charge in [0.15, 0.2) is 0 Å². The van der Waals surface area contributed by atoms with Gasteiger partial charge in [0, 0.05) is 23.4 Å². The van der Waals surface area contributed by atoms with Crippen LogP contribution in [0.5, 0.6) is 0 Å². The number of amides is 1. The molecule has 3 aliphatic rings. The molecule has 1 aromatic carbocycles. The lowest BCUT2D eigenvalue weighted by molar-refractivity contribution is -0.117. The van der Waals surface area contributed by atoms with Gasteiger partial charge in [-0.2, -0.15) is 0 Å². The molecule has 46 heavy (non-hydrogen) atoms. The molecule has 4 nitrogen and oxygen atoms in total. The van der Waals surface area contributed by atoms with Gasteiger partial charge in [-0.3, -0.25) is 9.79 Å². The van der Waals surface area contributed by atoms with Crippen LogP contribution in [0.25, 0.3) is 11.1 Å². The molecular formula is C41H55N3OS. The molecule has 0 fully saturated rings. The molecule has 5 heteroatoms. The summed E-state index contributed by atoms with van der Waals surface area (Å²) in [5.41, 5.74) is 10.7. The smallest absolute Gasteiger partial charge is 0.251 e. The fraction of sp³-hybridized carbons (Fsp3) is 0.415. The first-order valence-corrected chi connectivity index (χ1v) is 19.4. The Labute approximate surface area is 280 Å². The van der Waals surface area contributed by atoms with Crippen molar-refractivity contribution in [2.45, 2.75) is 85.2 Å². The summed E-state index contributed by atoms with van der Waals surface area (Å²) in [5, 5.41) is 6.92. The molecule has 1 heterocycles. The summed E-state index contributed by atoms with van der Waals surface area (Å²) in [7, 11) is -1.14. The molecule has 1 aliphatic heterocycles. The molecule has 1 amide bonds. The number of hydrogen-bond acceptors (Lipinski definition) is 3. The van der Waals surface area contributed by atoms with Crippen LogP contribution in [0.1, 0.15) is 85.3 Å². The van der Waals surface area contributed by atoms with Crippen molar-refractivity contribution in [3.8, 4) is 0 Å². The number of benzene rings is 1. The number of rotatable bonds is 10. The molecule has 0 saturated heterocycles. The molecule has 1 aromatic rings. The zero-order valence-corrected chi connectivity index (χ0v) is 30.7. The number of hydrogen-bond donors (Lipinski definition) is 2. The highest BCUT2D eigenvalue weighted by Gasteiger charge is 2.30. The van der Waals surface area contributed by atoms with Crippen LogP contribution in [-0.4, -0.2) is 49.0 Å². The zero-order chi connectivity index (χ0) is 33.9. The van der Waals surface area contributed by atoms with Gasteiger partial charge in [0.25, 0.3) is 5.91 Å². The second-order valence-corrected chi connectivity index (χ2v) is 18.7. The summed E-state index contributed by atoms with van der Waals surface area (Å²) in [6.45, 7) is 19.6. The first-order chi connectivity index (χ1) is 21.6. The summed E-state index contributed by atoms with van der Waals surface area (Å²) >= 11 is 0.